The van der Waals surface area contributed by atoms with Crippen LogP contribution in [0.1, 0.15) is 38.3 Å². The van der Waals surface area contributed by atoms with E-state index >= 15 is 0 Å². The largest absolute Gasteiger partial charge is 0.313 e. The molecule has 0 atom stereocenters. The highest BCUT2D eigenvalue weighted by molar-refractivity contribution is 6.22. The van der Waals surface area contributed by atoms with Crippen molar-refractivity contribution >= 4 is 11.8 Å². The Bertz CT molecular complexity index is 840. The SMILES string of the molecule is O=C1c2ccc(Cc3ccccc3)cc2C(=O)N1C1=CCNCC1. The highest BCUT2D eigenvalue weighted by atomic mass is 16.2. The van der Waals surface area contributed by atoms with Crippen LogP contribution in [-0.4, -0.2) is 29.8 Å². The Labute approximate surface area is 140 Å². The number of fused-ring (bicyclic) bond motifs is 1. The lowest BCUT2D eigenvalue weighted by Gasteiger charge is -2.21. The molecular formula is C20H18N2O2. The van der Waals surface area contributed by atoms with Crippen molar-refractivity contribution in [2.45, 2.75) is 12.8 Å². The summed E-state index contributed by atoms with van der Waals surface area (Å²) in [5.41, 5.74) is 4.07. The predicted octanol–water partition coefficient (Wildman–Crippen LogP) is 2.75. The van der Waals surface area contributed by atoms with Crippen LogP contribution in [0.25, 0.3) is 0 Å². The van der Waals surface area contributed by atoms with Gasteiger partial charge in [0.2, 0.25) is 0 Å². The molecule has 0 aromatic heterocycles. The maximum Gasteiger partial charge on any atom is 0.265 e. The van der Waals surface area contributed by atoms with Crippen molar-refractivity contribution in [3.8, 4) is 0 Å². The van der Waals surface area contributed by atoms with Crippen LogP contribution in [-0.2, 0) is 6.42 Å². The lowest BCUT2D eigenvalue weighted by atomic mass is 10.0. The van der Waals surface area contributed by atoms with Gasteiger partial charge in [-0.05, 0) is 29.7 Å². The Morgan fingerprint density at radius 1 is 0.917 bits per heavy atom. The molecule has 1 N–H and O–H groups in total. The summed E-state index contributed by atoms with van der Waals surface area (Å²) in [7, 11) is 0. The molecule has 2 aromatic carbocycles. The molecule has 0 spiro atoms. The average Bonchev–Trinajstić information content (AvgIpc) is 2.87. The zero-order chi connectivity index (χ0) is 16.5. The Morgan fingerprint density at radius 2 is 1.71 bits per heavy atom. The average molecular weight is 318 g/mol. The Kier molecular flexibility index (Phi) is 3.75. The number of rotatable bonds is 3. The fourth-order valence-corrected chi connectivity index (χ4v) is 3.30. The van der Waals surface area contributed by atoms with Gasteiger partial charge in [0.15, 0.2) is 0 Å². The molecule has 120 valence electrons. The molecular weight excluding hydrogens is 300 g/mol. The van der Waals surface area contributed by atoms with Gasteiger partial charge in [0, 0.05) is 25.2 Å². The van der Waals surface area contributed by atoms with Crippen LogP contribution < -0.4 is 5.32 Å². The minimum atomic E-state index is -0.200. The third-order valence-corrected chi connectivity index (χ3v) is 4.53. The summed E-state index contributed by atoms with van der Waals surface area (Å²) in [6.45, 7) is 1.49. The first-order valence-electron chi connectivity index (χ1n) is 8.19. The van der Waals surface area contributed by atoms with E-state index in [0.717, 1.165) is 24.2 Å². The van der Waals surface area contributed by atoms with Crippen molar-refractivity contribution in [1.29, 1.82) is 0 Å². The molecule has 24 heavy (non-hydrogen) atoms. The van der Waals surface area contributed by atoms with Gasteiger partial charge in [-0.15, -0.1) is 0 Å². The molecule has 2 heterocycles. The molecule has 2 aromatic rings. The Balaban J connectivity index is 1.65. The normalized spacial score (nSPS) is 17.0. The van der Waals surface area contributed by atoms with Gasteiger partial charge in [0.05, 0.1) is 11.1 Å². The first-order valence-corrected chi connectivity index (χ1v) is 8.19. The summed E-state index contributed by atoms with van der Waals surface area (Å²) in [4.78, 5) is 26.7. The molecule has 2 amide bonds. The van der Waals surface area contributed by atoms with Crippen molar-refractivity contribution in [2.75, 3.05) is 13.1 Å². The second-order valence-electron chi connectivity index (χ2n) is 6.14. The van der Waals surface area contributed by atoms with E-state index in [4.69, 9.17) is 0 Å². The first kappa shape index (κ1) is 14.8. The van der Waals surface area contributed by atoms with Gasteiger partial charge in [-0.3, -0.25) is 9.59 Å². The van der Waals surface area contributed by atoms with Crippen LogP contribution >= 0.6 is 0 Å². The zero-order valence-corrected chi connectivity index (χ0v) is 13.3. The van der Waals surface area contributed by atoms with E-state index in [2.05, 4.69) is 17.4 Å². The topological polar surface area (TPSA) is 49.4 Å². The maximum atomic E-state index is 12.8. The van der Waals surface area contributed by atoms with Crippen molar-refractivity contribution in [3.63, 3.8) is 0 Å². The number of carbonyl (C=O) groups is 2. The van der Waals surface area contributed by atoms with Gasteiger partial charge in [0.1, 0.15) is 0 Å². The molecule has 2 aliphatic rings. The minimum absolute atomic E-state index is 0.196. The van der Waals surface area contributed by atoms with Crippen LogP contribution in [0.3, 0.4) is 0 Å². The summed E-state index contributed by atoms with van der Waals surface area (Å²) in [6.07, 6.45) is 3.38. The van der Waals surface area contributed by atoms with Crippen molar-refractivity contribution in [3.05, 3.63) is 82.6 Å². The molecule has 0 aliphatic carbocycles. The monoisotopic (exact) mass is 318 g/mol. The third kappa shape index (κ3) is 2.55. The second-order valence-corrected chi connectivity index (χ2v) is 6.14. The molecule has 2 aliphatic heterocycles. The number of hydrogen-bond acceptors (Lipinski definition) is 3. The molecule has 0 saturated heterocycles. The van der Waals surface area contributed by atoms with Gasteiger partial charge >= 0.3 is 0 Å². The van der Waals surface area contributed by atoms with Crippen LogP contribution in [0.15, 0.2) is 60.3 Å². The van der Waals surface area contributed by atoms with Gasteiger partial charge in [-0.1, -0.05) is 42.5 Å². The summed E-state index contributed by atoms with van der Waals surface area (Å²) in [5.74, 6) is -0.396. The summed E-state index contributed by atoms with van der Waals surface area (Å²) in [5, 5.41) is 3.20. The Hall–Kier alpha value is -2.72. The fraction of sp³-hybridized carbons (Fsp3) is 0.200. The van der Waals surface area contributed by atoms with E-state index in [1.54, 1.807) is 6.07 Å². The van der Waals surface area contributed by atoms with Crippen LogP contribution in [0.2, 0.25) is 0 Å². The number of imide groups is 1. The number of amides is 2. The quantitative estimate of drug-likeness (QED) is 0.885. The van der Waals surface area contributed by atoms with E-state index in [-0.39, 0.29) is 11.8 Å². The molecule has 0 radical (unpaired) electrons. The number of hydrogen-bond donors (Lipinski definition) is 1. The van der Waals surface area contributed by atoms with Crippen LogP contribution in [0.5, 0.6) is 0 Å². The number of benzene rings is 2. The highest BCUT2D eigenvalue weighted by Gasteiger charge is 2.37. The number of nitrogens with zero attached hydrogens (tertiary/aromatic N) is 1. The molecule has 4 rings (SSSR count). The lowest BCUT2D eigenvalue weighted by Crippen LogP contribution is -2.34. The first-order chi connectivity index (χ1) is 11.7. The molecule has 0 unspecified atom stereocenters. The van der Waals surface area contributed by atoms with Gasteiger partial charge < -0.3 is 5.32 Å². The van der Waals surface area contributed by atoms with E-state index in [1.165, 1.54) is 10.5 Å². The van der Waals surface area contributed by atoms with Gasteiger partial charge in [-0.25, -0.2) is 4.90 Å². The molecule has 0 bridgehead atoms. The summed E-state index contributed by atoms with van der Waals surface area (Å²) < 4.78 is 0. The molecule has 4 heteroatoms. The number of carbonyl (C=O) groups excluding carboxylic acids is 2. The van der Waals surface area contributed by atoms with Crippen molar-refractivity contribution in [1.82, 2.24) is 10.2 Å². The van der Waals surface area contributed by atoms with Crippen molar-refractivity contribution < 1.29 is 9.59 Å². The smallest absolute Gasteiger partial charge is 0.265 e. The Morgan fingerprint density at radius 3 is 2.46 bits per heavy atom. The number of nitrogens with one attached hydrogen (secondary N) is 1. The van der Waals surface area contributed by atoms with Crippen LogP contribution in [0, 0.1) is 0 Å². The van der Waals surface area contributed by atoms with E-state index in [1.807, 2.05) is 36.4 Å². The maximum absolute atomic E-state index is 12.8. The van der Waals surface area contributed by atoms with Crippen LogP contribution in [0.4, 0.5) is 0 Å². The zero-order valence-electron chi connectivity index (χ0n) is 13.3. The fourth-order valence-electron chi connectivity index (χ4n) is 3.30. The summed E-state index contributed by atoms with van der Waals surface area (Å²) >= 11 is 0. The van der Waals surface area contributed by atoms with E-state index in [0.29, 0.717) is 24.1 Å². The molecule has 4 nitrogen and oxygen atoms in total. The van der Waals surface area contributed by atoms with E-state index < -0.39 is 0 Å². The lowest BCUT2D eigenvalue weighted by molar-refractivity contribution is 0.0697. The standard InChI is InChI=1S/C20H18N2O2/c23-19-17-7-6-15(12-14-4-2-1-3-5-14)13-18(17)20(24)22(19)16-8-10-21-11-9-16/h1-8,13,21H,9-12H2. The minimum Gasteiger partial charge on any atom is -0.313 e. The van der Waals surface area contributed by atoms with E-state index in [9.17, 15) is 9.59 Å². The second kappa shape index (κ2) is 6.06. The predicted molar refractivity (Wildman–Crippen MR) is 91.8 cm³/mol. The highest BCUT2D eigenvalue weighted by Crippen LogP contribution is 2.29. The molecule has 0 saturated carbocycles. The van der Waals surface area contributed by atoms with Gasteiger partial charge in [0.25, 0.3) is 11.8 Å². The molecule has 0 fully saturated rings. The third-order valence-electron chi connectivity index (χ3n) is 4.53. The van der Waals surface area contributed by atoms with Gasteiger partial charge in [-0.2, -0.15) is 0 Å². The van der Waals surface area contributed by atoms with Crippen molar-refractivity contribution in [2.24, 2.45) is 0 Å². The summed E-state index contributed by atoms with van der Waals surface area (Å²) in [6, 6.07) is 15.7.